The molecule has 0 radical (unpaired) electrons. The number of ether oxygens (including phenoxy) is 1. The second-order valence-electron chi connectivity index (χ2n) is 4.80. The number of carbonyl (C=O) groups is 1. The van der Waals surface area contributed by atoms with Gasteiger partial charge >= 0.3 is 0 Å². The summed E-state index contributed by atoms with van der Waals surface area (Å²) in [4.78, 5) is 11.8. The van der Waals surface area contributed by atoms with Crippen molar-refractivity contribution < 1.29 is 9.53 Å². The lowest BCUT2D eigenvalue weighted by Gasteiger charge is -2.17. The third kappa shape index (κ3) is 4.91. The Morgan fingerprint density at radius 2 is 2.00 bits per heavy atom. The first-order valence-corrected chi connectivity index (χ1v) is 6.74. The monoisotopic (exact) mass is 264 g/mol. The fourth-order valence-corrected chi connectivity index (χ4v) is 1.75. The largest absolute Gasteiger partial charge is 0.497 e. The third-order valence-corrected chi connectivity index (χ3v) is 3.43. The Hall–Kier alpha value is -1.55. The van der Waals surface area contributed by atoms with Gasteiger partial charge in [0.15, 0.2) is 0 Å². The van der Waals surface area contributed by atoms with E-state index in [0.29, 0.717) is 6.54 Å². The summed E-state index contributed by atoms with van der Waals surface area (Å²) in [7, 11) is 1.64. The number of nitrogens with one attached hydrogen (secondary N) is 1. The number of amides is 1. The number of methoxy groups -OCH3 is 1. The van der Waals surface area contributed by atoms with Crippen LogP contribution in [0.2, 0.25) is 0 Å². The van der Waals surface area contributed by atoms with Crippen LogP contribution in [0.25, 0.3) is 0 Å². The molecule has 2 atom stereocenters. The van der Waals surface area contributed by atoms with E-state index in [0.717, 1.165) is 18.6 Å². The molecule has 0 fully saturated rings. The Kier molecular flexibility index (Phi) is 6.36. The average Bonchev–Trinajstić information content (AvgIpc) is 2.46. The van der Waals surface area contributed by atoms with Gasteiger partial charge in [0.1, 0.15) is 5.75 Å². The smallest absolute Gasteiger partial charge is 0.237 e. The molecule has 106 valence electrons. The minimum absolute atomic E-state index is 0.0668. The molecule has 0 spiro atoms. The molecule has 0 aliphatic carbocycles. The van der Waals surface area contributed by atoms with Crippen LogP contribution >= 0.6 is 0 Å². The van der Waals surface area contributed by atoms with Crippen LogP contribution in [-0.2, 0) is 11.2 Å². The number of rotatable bonds is 7. The van der Waals surface area contributed by atoms with E-state index in [2.05, 4.69) is 5.32 Å². The van der Waals surface area contributed by atoms with Crippen LogP contribution in [0.3, 0.4) is 0 Å². The van der Waals surface area contributed by atoms with E-state index in [1.807, 2.05) is 38.1 Å². The normalized spacial score (nSPS) is 13.7. The lowest BCUT2D eigenvalue weighted by atomic mass is 9.99. The van der Waals surface area contributed by atoms with Crippen LogP contribution in [0.5, 0.6) is 5.75 Å². The molecular weight excluding hydrogens is 240 g/mol. The minimum atomic E-state index is -0.416. The maximum absolute atomic E-state index is 11.8. The van der Waals surface area contributed by atoms with Gasteiger partial charge in [0.25, 0.3) is 0 Å². The quantitative estimate of drug-likeness (QED) is 0.788. The molecule has 19 heavy (non-hydrogen) atoms. The number of benzene rings is 1. The molecular formula is C15H24N2O2. The van der Waals surface area contributed by atoms with E-state index in [4.69, 9.17) is 10.5 Å². The molecule has 0 aliphatic heterocycles. The first kappa shape index (κ1) is 15.5. The van der Waals surface area contributed by atoms with Crippen molar-refractivity contribution in [1.29, 1.82) is 0 Å². The van der Waals surface area contributed by atoms with Gasteiger partial charge in [-0.25, -0.2) is 0 Å². The van der Waals surface area contributed by atoms with Gasteiger partial charge in [0.2, 0.25) is 5.91 Å². The van der Waals surface area contributed by atoms with E-state index < -0.39 is 6.04 Å². The van der Waals surface area contributed by atoms with Crippen LogP contribution in [0.4, 0.5) is 0 Å². The highest BCUT2D eigenvalue weighted by atomic mass is 16.5. The van der Waals surface area contributed by atoms with Gasteiger partial charge in [-0.2, -0.15) is 0 Å². The van der Waals surface area contributed by atoms with Gasteiger partial charge in [-0.15, -0.1) is 0 Å². The zero-order valence-electron chi connectivity index (χ0n) is 12.0. The molecule has 0 bridgehead atoms. The summed E-state index contributed by atoms with van der Waals surface area (Å²) in [5.41, 5.74) is 7.03. The Balaban J connectivity index is 2.35. The maximum atomic E-state index is 11.8. The van der Waals surface area contributed by atoms with Gasteiger partial charge in [-0.3, -0.25) is 4.79 Å². The molecule has 1 aromatic carbocycles. The first-order chi connectivity index (χ1) is 9.08. The van der Waals surface area contributed by atoms with Crippen LogP contribution < -0.4 is 15.8 Å². The molecule has 0 saturated heterocycles. The summed E-state index contributed by atoms with van der Waals surface area (Å²) in [6.45, 7) is 4.64. The summed E-state index contributed by atoms with van der Waals surface area (Å²) < 4.78 is 5.10. The Morgan fingerprint density at radius 3 is 2.53 bits per heavy atom. The molecule has 2 unspecified atom stereocenters. The number of nitrogens with two attached hydrogens (primary N) is 1. The minimum Gasteiger partial charge on any atom is -0.497 e. The standard InChI is InChI=1S/C15H24N2O2/c1-4-11(2)14(16)15(18)17-10-9-12-5-7-13(19-3)8-6-12/h5-8,11,14H,4,9-10,16H2,1-3H3,(H,17,18). The highest BCUT2D eigenvalue weighted by Crippen LogP contribution is 2.11. The molecule has 0 aliphatic rings. The molecule has 0 aromatic heterocycles. The summed E-state index contributed by atoms with van der Waals surface area (Å²) in [6.07, 6.45) is 1.70. The Morgan fingerprint density at radius 1 is 1.37 bits per heavy atom. The van der Waals surface area contributed by atoms with Crippen molar-refractivity contribution in [3.63, 3.8) is 0 Å². The molecule has 4 nitrogen and oxygen atoms in total. The second kappa shape index (κ2) is 7.79. The third-order valence-electron chi connectivity index (χ3n) is 3.43. The van der Waals surface area contributed by atoms with Crippen molar-refractivity contribution in [2.45, 2.75) is 32.7 Å². The van der Waals surface area contributed by atoms with Gasteiger partial charge in [-0.05, 0) is 30.0 Å². The molecule has 1 amide bonds. The van der Waals surface area contributed by atoms with Crippen molar-refractivity contribution in [3.05, 3.63) is 29.8 Å². The van der Waals surface area contributed by atoms with E-state index in [9.17, 15) is 4.79 Å². The molecule has 1 aromatic rings. The van der Waals surface area contributed by atoms with Gasteiger partial charge < -0.3 is 15.8 Å². The molecule has 0 heterocycles. The summed E-state index contributed by atoms with van der Waals surface area (Å²) >= 11 is 0. The van der Waals surface area contributed by atoms with E-state index in [1.165, 1.54) is 5.56 Å². The Labute approximate surface area is 115 Å². The SMILES string of the molecule is CCC(C)C(N)C(=O)NCCc1ccc(OC)cc1. The van der Waals surface area contributed by atoms with Crippen molar-refractivity contribution in [3.8, 4) is 5.75 Å². The lowest BCUT2D eigenvalue weighted by molar-refractivity contribution is -0.123. The molecule has 1 rings (SSSR count). The molecule has 3 N–H and O–H groups in total. The fourth-order valence-electron chi connectivity index (χ4n) is 1.75. The van der Waals surface area contributed by atoms with Gasteiger partial charge in [0.05, 0.1) is 13.2 Å². The average molecular weight is 264 g/mol. The van der Waals surface area contributed by atoms with Crippen LogP contribution in [-0.4, -0.2) is 25.6 Å². The predicted molar refractivity (Wildman–Crippen MR) is 77.1 cm³/mol. The molecule has 4 heteroatoms. The van der Waals surface area contributed by atoms with Gasteiger partial charge in [0, 0.05) is 6.54 Å². The second-order valence-corrected chi connectivity index (χ2v) is 4.80. The number of hydrogen-bond donors (Lipinski definition) is 2. The zero-order valence-corrected chi connectivity index (χ0v) is 12.0. The van der Waals surface area contributed by atoms with Gasteiger partial charge in [-0.1, -0.05) is 32.4 Å². The number of carbonyl (C=O) groups excluding carboxylic acids is 1. The van der Waals surface area contributed by atoms with E-state index in [-0.39, 0.29) is 11.8 Å². The highest BCUT2D eigenvalue weighted by Gasteiger charge is 2.18. The predicted octanol–water partition coefficient (Wildman–Crippen LogP) is 1.73. The topological polar surface area (TPSA) is 64.4 Å². The first-order valence-electron chi connectivity index (χ1n) is 6.74. The van der Waals surface area contributed by atoms with Crippen LogP contribution in [0.15, 0.2) is 24.3 Å². The summed E-state index contributed by atoms with van der Waals surface area (Å²) in [5, 5.41) is 2.88. The summed E-state index contributed by atoms with van der Waals surface area (Å²) in [5.74, 6) is 0.982. The van der Waals surface area contributed by atoms with Crippen molar-refractivity contribution in [2.75, 3.05) is 13.7 Å². The van der Waals surface area contributed by atoms with Crippen molar-refractivity contribution >= 4 is 5.91 Å². The van der Waals surface area contributed by atoms with E-state index >= 15 is 0 Å². The van der Waals surface area contributed by atoms with Crippen LogP contribution in [0, 0.1) is 5.92 Å². The summed E-state index contributed by atoms with van der Waals surface area (Å²) in [6, 6.07) is 7.42. The van der Waals surface area contributed by atoms with E-state index in [1.54, 1.807) is 7.11 Å². The lowest BCUT2D eigenvalue weighted by Crippen LogP contribution is -2.45. The van der Waals surface area contributed by atoms with Crippen molar-refractivity contribution in [2.24, 2.45) is 11.7 Å². The highest BCUT2D eigenvalue weighted by molar-refractivity contribution is 5.81. The van der Waals surface area contributed by atoms with Crippen molar-refractivity contribution in [1.82, 2.24) is 5.32 Å². The molecule has 0 saturated carbocycles. The Bertz CT molecular complexity index is 390. The van der Waals surface area contributed by atoms with Crippen LogP contribution in [0.1, 0.15) is 25.8 Å². The maximum Gasteiger partial charge on any atom is 0.237 e. The zero-order chi connectivity index (χ0) is 14.3. The number of hydrogen-bond acceptors (Lipinski definition) is 3. The fraction of sp³-hybridized carbons (Fsp3) is 0.533.